The van der Waals surface area contributed by atoms with Gasteiger partial charge in [-0.25, -0.2) is 0 Å². The number of aliphatic carboxylic acids is 1. The second kappa shape index (κ2) is 10.3. The van der Waals surface area contributed by atoms with E-state index in [4.69, 9.17) is 15.6 Å². The third-order valence-corrected chi connectivity index (χ3v) is 3.78. The molecule has 1 amide bonds. The van der Waals surface area contributed by atoms with Crippen LogP contribution in [0, 0.1) is 11.8 Å². The Morgan fingerprint density at radius 2 is 1.65 bits per heavy atom. The molecule has 0 bridgehead atoms. The Morgan fingerprint density at radius 1 is 1.12 bits per heavy atom. The summed E-state index contributed by atoms with van der Waals surface area (Å²) < 4.78 is 5.17. The van der Waals surface area contributed by atoms with Gasteiger partial charge in [0.25, 0.3) is 0 Å². The lowest BCUT2D eigenvalue weighted by Crippen LogP contribution is -2.44. The first kappa shape index (κ1) is 24.0. The summed E-state index contributed by atoms with van der Waals surface area (Å²) in [6.45, 7) is 10.1. The van der Waals surface area contributed by atoms with Crippen LogP contribution in [0.2, 0.25) is 0 Å². The van der Waals surface area contributed by atoms with E-state index >= 15 is 0 Å². The second-order valence-corrected chi connectivity index (χ2v) is 7.82. The van der Waals surface area contributed by atoms with Crippen molar-refractivity contribution in [3.05, 3.63) is 0 Å². The minimum absolute atomic E-state index is 0.0127. The van der Waals surface area contributed by atoms with Gasteiger partial charge in [0, 0.05) is 18.8 Å². The highest BCUT2D eigenvalue weighted by Crippen LogP contribution is 2.18. The third-order valence-electron chi connectivity index (χ3n) is 3.78. The summed E-state index contributed by atoms with van der Waals surface area (Å²) in [6, 6.07) is -1.92. The molecule has 0 fully saturated rings. The van der Waals surface area contributed by atoms with E-state index in [2.05, 4.69) is 5.32 Å². The summed E-state index contributed by atoms with van der Waals surface area (Å²) in [4.78, 5) is 47.1. The average Bonchev–Trinajstić information content (AvgIpc) is 2.47. The van der Waals surface area contributed by atoms with Gasteiger partial charge in [0.1, 0.15) is 17.4 Å². The Labute approximate surface area is 154 Å². The Bertz CT molecular complexity index is 524. The van der Waals surface area contributed by atoms with E-state index in [1.54, 1.807) is 34.6 Å². The number of Topliss-reactive ketones (excluding diaryl/α,β-unsaturated/α-hetero) is 1. The largest absolute Gasteiger partial charge is 0.480 e. The number of carbonyl (C=O) groups is 4. The van der Waals surface area contributed by atoms with Gasteiger partial charge in [0.2, 0.25) is 5.91 Å². The summed E-state index contributed by atoms with van der Waals surface area (Å²) in [5.74, 6) is -3.28. The number of amides is 1. The van der Waals surface area contributed by atoms with Gasteiger partial charge in [-0.15, -0.1) is 0 Å². The number of nitrogens with one attached hydrogen (secondary N) is 1. The highest BCUT2D eigenvalue weighted by molar-refractivity contribution is 5.91. The fourth-order valence-electron chi connectivity index (χ4n) is 2.21. The highest BCUT2D eigenvalue weighted by atomic mass is 16.6. The molecule has 8 heteroatoms. The van der Waals surface area contributed by atoms with Crippen molar-refractivity contribution in [2.45, 2.75) is 78.5 Å². The molecule has 0 heterocycles. The number of hydrogen-bond acceptors (Lipinski definition) is 6. The summed E-state index contributed by atoms with van der Waals surface area (Å²) in [6.07, 6.45) is 0.0375. The summed E-state index contributed by atoms with van der Waals surface area (Å²) >= 11 is 0. The highest BCUT2D eigenvalue weighted by Gasteiger charge is 2.29. The molecule has 0 aliphatic carbocycles. The molecule has 3 atom stereocenters. The molecule has 26 heavy (non-hydrogen) atoms. The number of esters is 1. The predicted molar refractivity (Wildman–Crippen MR) is 96.2 cm³/mol. The molecule has 8 nitrogen and oxygen atoms in total. The van der Waals surface area contributed by atoms with Gasteiger partial charge in [-0.05, 0) is 40.0 Å². The van der Waals surface area contributed by atoms with Gasteiger partial charge in [-0.2, -0.15) is 0 Å². The van der Waals surface area contributed by atoms with Crippen LogP contribution in [-0.4, -0.2) is 46.4 Å². The Hall–Kier alpha value is -1.96. The van der Waals surface area contributed by atoms with E-state index in [1.165, 1.54) is 6.92 Å². The van der Waals surface area contributed by atoms with Crippen molar-refractivity contribution in [3.63, 3.8) is 0 Å². The first-order chi connectivity index (χ1) is 11.7. The second-order valence-electron chi connectivity index (χ2n) is 7.82. The molecular weight excluding hydrogens is 340 g/mol. The van der Waals surface area contributed by atoms with Crippen molar-refractivity contribution >= 4 is 23.6 Å². The maximum Gasteiger partial charge on any atom is 0.325 e. The van der Waals surface area contributed by atoms with Gasteiger partial charge in [0.05, 0.1) is 6.04 Å². The van der Waals surface area contributed by atoms with Crippen LogP contribution in [0.3, 0.4) is 0 Å². The molecule has 0 aromatic carbocycles. The van der Waals surface area contributed by atoms with Gasteiger partial charge >= 0.3 is 11.9 Å². The number of rotatable bonds is 10. The van der Waals surface area contributed by atoms with Crippen molar-refractivity contribution in [2.24, 2.45) is 17.6 Å². The lowest BCUT2D eigenvalue weighted by Gasteiger charge is -2.23. The zero-order chi connectivity index (χ0) is 20.7. The van der Waals surface area contributed by atoms with E-state index in [9.17, 15) is 19.2 Å². The molecule has 0 spiro atoms. The van der Waals surface area contributed by atoms with Gasteiger partial charge in [-0.1, -0.05) is 13.8 Å². The summed E-state index contributed by atoms with van der Waals surface area (Å²) in [5, 5.41) is 11.3. The molecule has 0 radical (unpaired) electrons. The lowest BCUT2D eigenvalue weighted by atomic mass is 9.87. The van der Waals surface area contributed by atoms with E-state index in [0.29, 0.717) is 0 Å². The van der Waals surface area contributed by atoms with Gasteiger partial charge < -0.3 is 20.9 Å². The molecule has 0 aromatic heterocycles. The van der Waals surface area contributed by atoms with Crippen molar-refractivity contribution in [3.8, 4) is 0 Å². The van der Waals surface area contributed by atoms with Crippen LogP contribution in [0.1, 0.15) is 60.8 Å². The van der Waals surface area contributed by atoms with Crippen LogP contribution in [0.5, 0.6) is 0 Å². The standard InChI is InChI=1S/C18H32N2O6/c1-10(2)12(16(23)20-11(3)17(24)25)9-14(21)13(19)7-8-15(22)26-18(4,5)6/h10-13H,7-9,19H2,1-6H3,(H,20,23)(H,24,25)/t11-,12-,13-/m0/s1. The topological polar surface area (TPSA) is 136 Å². The third kappa shape index (κ3) is 9.50. The summed E-state index contributed by atoms with van der Waals surface area (Å²) in [5.41, 5.74) is 5.24. The number of nitrogens with two attached hydrogens (primary N) is 1. The number of carboxylic acids is 1. The molecule has 0 saturated carbocycles. The van der Waals surface area contributed by atoms with E-state index in [-0.39, 0.29) is 31.0 Å². The summed E-state index contributed by atoms with van der Waals surface area (Å²) in [7, 11) is 0. The molecule has 0 saturated heterocycles. The van der Waals surface area contributed by atoms with Crippen molar-refractivity contribution in [2.75, 3.05) is 0 Å². The molecule has 4 N–H and O–H groups in total. The predicted octanol–water partition coefficient (Wildman–Crippen LogP) is 1.26. The first-order valence-electron chi connectivity index (χ1n) is 8.78. The molecule has 0 aliphatic heterocycles. The minimum atomic E-state index is -1.15. The quantitative estimate of drug-likeness (QED) is 0.491. The Kier molecular flexibility index (Phi) is 9.48. The average molecular weight is 372 g/mol. The zero-order valence-corrected chi connectivity index (χ0v) is 16.5. The van der Waals surface area contributed by atoms with Crippen molar-refractivity contribution < 1.29 is 29.0 Å². The minimum Gasteiger partial charge on any atom is -0.480 e. The molecule has 0 unspecified atom stereocenters. The first-order valence-corrected chi connectivity index (χ1v) is 8.78. The molecule has 0 aliphatic rings. The zero-order valence-electron chi connectivity index (χ0n) is 16.5. The van der Waals surface area contributed by atoms with Crippen LogP contribution in [0.15, 0.2) is 0 Å². The molecular formula is C18H32N2O6. The van der Waals surface area contributed by atoms with E-state index in [0.717, 1.165) is 0 Å². The maximum absolute atomic E-state index is 12.3. The lowest BCUT2D eigenvalue weighted by molar-refractivity contribution is -0.155. The number of carboxylic acid groups (broad SMARTS) is 1. The fourth-order valence-corrected chi connectivity index (χ4v) is 2.21. The van der Waals surface area contributed by atoms with Crippen LogP contribution in [0.25, 0.3) is 0 Å². The fraction of sp³-hybridized carbons (Fsp3) is 0.778. The number of carbonyl (C=O) groups excluding carboxylic acids is 3. The van der Waals surface area contributed by atoms with Crippen LogP contribution in [-0.2, 0) is 23.9 Å². The molecule has 150 valence electrons. The normalized spacial score (nSPS) is 15.1. The van der Waals surface area contributed by atoms with Crippen LogP contribution < -0.4 is 11.1 Å². The number of hydrogen-bond donors (Lipinski definition) is 3. The van der Waals surface area contributed by atoms with Crippen LogP contribution in [0.4, 0.5) is 0 Å². The number of ketones is 1. The van der Waals surface area contributed by atoms with Crippen molar-refractivity contribution in [1.82, 2.24) is 5.32 Å². The smallest absolute Gasteiger partial charge is 0.325 e. The molecule has 0 rings (SSSR count). The Balaban J connectivity index is 4.68. The molecule has 0 aromatic rings. The Morgan fingerprint density at radius 3 is 2.08 bits per heavy atom. The monoisotopic (exact) mass is 372 g/mol. The number of ether oxygens (including phenoxy) is 1. The maximum atomic E-state index is 12.3. The van der Waals surface area contributed by atoms with Crippen molar-refractivity contribution in [1.29, 1.82) is 0 Å². The SMILES string of the molecule is CC(C)[C@H](CC(=O)[C@@H](N)CCC(=O)OC(C)(C)C)C(=O)N[C@@H](C)C(=O)O. The van der Waals surface area contributed by atoms with Crippen LogP contribution >= 0.6 is 0 Å². The van der Waals surface area contributed by atoms with E-state index < -0.39 is 41.4 Å². The van der Waals surface area contributed by atoms with E-state index in [1.807, 2.05) is 0 Å². The van der Waals surface area contributed by atoms with Gasteiger partial charge in [-0.3, -0.25) is 19.2 Å². The van der Waals surface area contributed by atoms with Gasteiger partial charge in [0.15, 0.2) is 0 Å².